The van der Waals surface area contributed by atoms with Gasteiger partial charge in [-0.25, -0.2) is 4.98 Å². The molecule has 1 N–H and O–H groups in total. The number of aryl methyl sites for hydroxylation is 1. The third-order valence-electron chi connectivity index (χ3n) is 2.39. The van der Waals surface area contributed by atoms with Gasteiger partial charge < -0.3 is 9.67 Å². The van der Waals surface area contributed by atoms with Gasteiger partial charge in [-0.1, -0.05) is 15.9 Å². The van der Waals surface area contributed by atoms with E-state index >= 15 is 0 Å². The maximum atomic E-state index is 9.95. The molecule has 1 heterocycles. The van der Waals surface area contributed by atoms with Crippen LogP contribution < -0.4 is 0 Å². The van der Waals surface area contributed by atoms with E-state index < -0.39 is 5.60 Å². The highest BCUT2D eigenvalue weighted by Crippen LogP contribution is 2.25. The van der Waals surface area contributed by atoms with Crippen LogP contribution in [0.2, 0.25) is 0 Å². The van der Waals surface area contributed by atoms with E-state index in [0.717, 1.165) is 15.5 Å². The molecule has 2 aromatic rings. The third kappa shape index (κ3) is 1.79. The lowest BCUT2D eigenvalue weighted by atomic mass is 10.1. The number of aliphatic hydroxyl groups is 1. The summed E-state index contributed by atoms with van der Waals surface area (Å²) in [6, 6.07) is 5.88. The molecule has 0 aliphatic rings. The monoisotopic (exact) mass is 268 g/mol. The standard InChI is InChI=1S/C11H13BrN2O/c1-11(2,15)10-13-8-5-4-7(12)6-9(8)14(10)3/h4-6,15H,1-3H3. The molecule has 0 aliphatic heterocycles. The third-order valence-corrected chi connectivity index (χ3v) is 2.88. The first-order valence-electron chi connectivity index (χ1n) is 4.74. The van der Waals surface area contributed by atoms with Gasteiger partial charge in [-0.2, -0.15) is 0 Å². The van der Waals surface area contributed by atoms with Crippen molar-refractivity contribution in [2.24, 2.45) is 7.05 Å². The van der Waals surface area contributed by atoms with Crippen LogP contribution in [0, 0.1) is 0 Å². The van der Waals surface area contributed by atoms with E-state index in [9.17, 15) is 5.11 Å². The van der Waals surface area contributed by atoms with Crippen LogP contribution in [0.4, 0.5) is 0 Å². The van der Waals surface area contributed by atoms with E-state index in [0.29, 0.717) is 5.82 Å². The van der Waals surface area contributed by atoms with Crippen LogP contribution in [-0.4, -0.2) is 14.7 Å². The molecule has 2 rings (SSSR count). The molecular weight excluding hydrogens is 256 g/mol. The molecule has 0 radical (unpaired) electrons. The summed E-state index contributed by atoms with van der Waals surface area (Å²) in [6.45, 7) is 3.48. The van der Waals surface area contributed by atoms with Gasteiger partial charge in [0.25, 0.3) is 0 Å². The zero-order valence-corrected chi connectivity index (χ0v) is 10.5. The van der Waals surface area contributed by atoms with Crippen LogP contribution in [0.25, 0.3) is 11.0 Å². The van der Waals surface area contributed by atoms with Crippen molar-refractivity contribution in [1.82, 2.24) is 9.55 Å². The highest BCUT2D eigenvalue weighted by molar-refractivity contribution is 9.10. The van der Waals surface area contributed by atoms with E-state index in [1.165, 1.54) is 0 Å². The number of hydrogen-bond donors (Lipinski definition) is 1. The van der Waals surface area contributed by atoms with Crippen LogP contribution in [0.15, 0.2) is 22.7 Å². The number of halogens is 1. The van der Waals surface area contributed by atoms with Crippen molar-refractivity contribution >= 4 is 27.0 Å². The Kier molecular flexibility index (Phi) is 2.35. The molecular formula is C11H13BrN2O. The summed E-state index contributed by atoms with van der Waals surface area (Å²) in [6.07, 6.45) is 0. The summed E-state index contributed by atoms with van der Waals surface area (Å²) in [4.78, 5) is 4.42. The van der Waals surface area contributed by atoms with E-state index in [1.807, 2.05) is 29.8 Å². The van der Waals surface area contributed by atoms with Crippen molar-refractivity contribution in [1.29, 1.82) is 0 Å². The van der Waals surface area contributed by atoms with Crippen LogP contribution >= 0.6 is 15.9 Å². The second kappa shape index (κ2) is 3.32. The number of rotatable bonds is 1. The fraction of sp³-hybridized carbons (Fsp3) is 0.364. The first kappa shape index (κ1) is 10.6. The molecule has 0 atom stereocenters. The van der Waals surface area contributed by atoms with Gasteiger partial charge in [-0.05, 0) is 32.0 Å². The number of fused-ring (bicyclic) bond motifs is 1. The second-order valence-corrected chi connectivity index (χ2v) is 5.10. The number of nitrogens with zero attached hydrogens (tertiary/aromatic N) is 2. The Bertz CT molecular complexity index is 511. The Hall–Kier alpha value is -0.870. The lowest BCUT2D eigenvalue weighted by Gasteiger charge is -2.16. The van der Waals surface area contributed by atoms with Crippen molar-refractivity contribution in [3.8, 4) is 0 Å². The molecule has 0 bridgehead atoms. The molecule has 80 valence electrons. The van der Waals surface area contributed by atoms with E-state index in [1.54, 1.807) is 13.8 Å². The van der Waals surface area contributed by atoms with Gasteiger partial charge in [0.15, 0.2) is 0 Å². The molecule has 0 amide bonds. The van der Waals surface area contributed by atoms with E-state index in [2.05, 4.69) is 20.9 Å². The van der Waals surface area contributed by atoms with Gasteiger partial charge in [0.2, 0.25) is 0 Å². The SMILES string of the molecule is Cn1c(C(C)(C)O)nc2ccc(Br)cc21. The topological polar surface area (TPSA) is 38.0 Å². The number of aromatic nitrogens is 2. The molecule has 0 saturated heterocycles. The Morgan fingerprint density at radius 3 is 2.67 bits per heavy atom. The second-order valence-electron chi connectivity index (χ2n) is 4.19. The maximum Gasteiger partial charge on any atom is 0.141 e. The number of hydrogen-bond acceptors (Lipinski definition) is 2. The molecule has 0 unspecified atom stereocenters. The molecule has 0 saturated carbocycles. The molecule has 15 heavy (non-hydrogen) atoms. The Morgan fingerprint density at radius 1 is 1.40 bits per heavy atom. The average molecular weight is 269 g/mol. The number of imidazole rings is 1. The predicted molar refractivity (Wildman–Crippen MR) is 63.7 cm³/mol. The summed E-state index contributed by atoms with van der Waals surface area (Å²) in [7, 11) is 1.91. The van der Waals surface area contributed by atoms with Crippen molar-refractivity contribution < 1.29 is 5.11 Å². The van der Waals surface area contributed by atoms with Crippen LogP contribution in [0.3, 0.4) is 0 Å². The lowest BCUT2D eigenvalue weighted by Crippen LogP contribution is -2.20. The summed E-state index contributed by atoms with van der Waals surface area (Å²) in [5.41, 5.74) is 1.000. The quantitative estimate of drug-likeness (QED) is 0.864. The van der Waals surface area contributed by atoms with E-state index in [4.69, 9.17) is 0 Å². The number of benzene rings is 1. The molecule has 0 fully saturated rings. The molecule has 0 aliphatic carbocycles. The van der Waals surface area contributed by atoms with Crippen LogP contribution in [0.5, 0.6) is 0 Å². The fourth-order valence-corrected chi connectivity index (χ4v) is 2.06. The molecule has 3 nitrogen and oxygen atoms in total. The zero-order valence-electron chi connectivity index (χ0n) is 8.95. The van der Waals surface area contributed by atoms with Gasteiger partial charge >= 0.3 is 0 Å². The molecule has 4 heteroatoms. The Balaban J connectivity index is 2.76. The minimum atomic E-state index is -0.916. The Labute approximate surface area is 96.9 Å². The van der Waals surface area contributed by atoms with Crippen molar-refractivity contribution in [2.45, 2.75) is 19.4 Å². The van der Waals surface area contributed by atoms with Gasteiger partial charge in [-0.3, -0.25) is 0 Å². The molecule has 1 aromatic heterocycles. The molecule has 1 aromatic carbocycles. The fourth-order valence-electron chi connectivity index (χ4n) is 1.71. The summed E-state index contributed by atoms with van der Waals surface area (Å²) < 4.78 is 2.93. The lowest BCUT2D eigenvalue weighted by molar-refractivity contribution is 0.0663. The summed E-state index contributed by atoms with van der Waals surface area (Å²) in [5.74, 6) is 0.676. The smallest absolute Gasteiger partial charge is 0.141 e. The minimum Gasteiger partial charge on any atom is -0.383 e. The Morgan fingerprint density at radius 2 is 2.07 bits per heavy atom. The summed E-state index contributed by atoms with van der Waals surface area (Å²) in [5, 5.41) is 9.95. The highest BCUT2D eigenvalue weighted by atomic mass is 79.9. The first-order chi connectivity index (χ1) is 6.89. The van der Waals surface area contributed by atoms with Gasteiger partial charge in [0, 0.05) is 11.5 Å². The minimum absolute atomic E-state index is 0.676. The van der Waals surface area contributed by atoms with Crippen LogP contribution in [0.1, 0.15) is 19.7 Å². The van der Waals surface area contributed by atoms with E-state index in [-0.39, 0.29) is 0 Å². The van der Waals surface area contributed by atoms with Crippen molar-refractivity contribution in [2.75, 3.05) is 0 Å². The van der Waals surface area contributed by atoms with Crippen molar-refractivity contribution in [3.63, 3.8) is 0 Å². The van der Waals surface area contributed by atoms with Crippen molar-refractivity contribution in [3.05, 3.63) is 28.5 Å². The van der Waals surface area contributed by atoms with Gasteiger partial charge in [0.1, 0.15) is 11.4 Å². The van der Waals surface area contributed by atoms with Gasteiger partial charge in [-0.15, -0.1) is 0 Å². The highest BCUT2D eigenvalue weighted by Gasteiger charge is 2.23. The molecule has 0 spiro atoms. The first-order valence-corrected chi connectivity index (χ1v) is 5.54. The maximum absolute atomic E-state index is 9.95. The predicted octanol–water partition coefficient (Wildman–Crippen LogP) is 2.56. The summed E-state index contributed by atoms with van der Waals surface area (Å²) >= 11 is 3.42. The average Bonchev–Trinajstić information content (AvgIpc) is 2.43. The largest absolute Gasteiger partial charge is 0.383 e. The normalized spacial score (nSPS) is 12.3. The van der Waals surface area contributed by atoms with Crippen LogP contribution in [-0.2, 0) is 12.6 Å². The van der Waals surface area contributed by atoms with Gasteiger partial charge in [0.05, 0.1) is 11.0 Å². The zero-order chi connectivity index (χ0) is 11.2.